The molecule has 0 heterocycles. The Morgan fingerprint density at radius 1 is 0.509 bits per heavy atom. The Kier molecular flexibility index (Phi) is 8.25. The number of allylic oxidation sites excluding steroid dienone is 4. The fourth-order valence-electron chi connectivity index (χ4n) is 11.3. The summed E-state index contributed by atoms with van der Waals surface area (Å²) in [5.74, 6) is 0. The third-order valence-corrected chi connectivity index (χ3v) is 55.0. The molecule has 0 aliphatic heterocycles. The second kappa shape index (κ2) is 12.0. The van der Waals surface area contributed by atoms with Gasteiger partial charge in [-0.1, -0.05) is 48.5 Å². The molecule has 0 spiro atoms. The zero-order chi connectivity index (χ0) is 37.1. The Morgan fingerprint density at radius 3 is 1.28 bits per heavy atom. The van der Waals surface area contributed by atoms with Crippen LogP contribution in [0.5, 0.6) is 0 Å². The van der Waals surface area contributed by atoms with Gasteiger partial charge in [0.2, 0.25) is 0 Å². The van der Waals surface area contributed by atoms with Crippen molar-refractivity contribution in [2.24, 2.45) is 5.41 Å². The molecule has 9 rings (SSSR count). The van der Waals surface area contributed by atoms with Crippen molar-refractivity contribution >= 4 is 23.9 Å². The van der Waals surface area contributed by atoms with Gasteiger partial charge in [0.05, 0.1) is 0 Å². The summed E-state index contributed by atoms with van der Waals surface area (Å²) in [7, 11) is 18.7. The van der Waals surface area contributed by atoms with Crippen LogP contribution in [-0.4, -0.2) is 6.88 Å². The van der Waals surface area contributed by atoms with E-state index in [0.717, 1.165) is 0 Å². The number of rotatable bonds is 6. The van der Waals surface area contributed by atoms with E-state index in [0.29, 0.717) is 8.26 Å². The molecule has 0 nitrogen and oxygen atoms in total. The SMILES string of the molecule is CC(C)(C)[C]1([Zr](=[SiH2])([Cl])([Cl])([CH2]c2ccccc2)([CH2]c2ccccc2)[CH]2c3ccccc3-c3ccccc32)C=CC=C1.[CH]1c2ccccc2-c2ccccc21. The van der Waals surface area contributed by atoms with Gasteiger partial charge < -0.3 is 0 Å². The summed E-state index contributed by atoms with van der Waals surface area (Å²) < 4.78 is 0.464. The van der Waals surface area contributed by atoms with E-state index < -0.39 is 15.2 Å². The topological polar surface area (TPSA) is 0 Å². The average Bonchev–Trinajstić information content (AvgIpc) is 3.89. The predicted molar refractivity (Wildman–Crippen MR) is 229 cm³/mol. The molecule has 3 aliphatic rings. The number of benzene rings is 6. The normalized spacial score (nSPS) is 17.2. The van der Waals surface area contributed by atoms with Crippen LogP contribution in [0, 0.1) is 11.8 Å². The molecule has 265 valence electrons. The van der Waals surface area contributed by atoms with Crippen LogP contribution >= 0.6 is 17.0 Å². The molecule has 3 aliphatic carbocycles. The molecule has 0 atom stereocenters. The van der Waals surface area contributed by atoms with Crippen LogP contribution in [0.2, 0.25) is 3.12 Å². The first-order valence-corrected chi connectivity index (χ1v) is 37.2. The molecule has 0 saturated heterocycles. The number of halogens is 2. The van der Waals surface area contributed by atoms with Gasteiger partial charge in [-0.25, -0.2) is 0 Å². The van der Waals surface area contributed by atoms with E-state index in [1.165, 1.54) is 55.6 Å². The molecule has 0 saturated carbocycles. The molecule has 0 amide bonds. The number of hydrogen-bond donors (Lipinski definition) is 0. The van der Waals surface area contributed by atoms with Crippen LogP contribution in [0.1, 0.15) is 57.8 Å². The van der Waals surface area contributed by atoms with Crippen LogP contribution in [0.15, 0.2) is 182 Å². The third-order valence-electron chi connectivity index (χ3n) is 13.1. The van der Waals surface area contributed by atoms with Gasteiger partial charge >= 0.3 is 244 Å². The molecular formula is C49H47Cl2SiZr. The van der Waals surface area contributed by atoms with Crippen molar-refractivity contribution in [3.8, 4) is 22.3 Å². The van der Waals surface area contributed by atoms with Crippen LogP contribution in [0.4, 0.5) is 0 Å². The minimum Gasteiger partial charge on any atom is -0.0619 e. The average molecular weight is 826 g/mol. The Bertz CT molecular complexity index is 2410. The maximum absolute atomic E-state index is 9.35. The quantitative estimate of drug-likeness (QED) is 0.147. The first-order chi connectivity index (χ1) is 25.2. The van der Waals surface area contributed by atoms with Crippen LogP contribution in [0.25, 0.3) is 22.3 Å². The largest absolute Gasteiger partial charge is 0.0619 e. The van der Waals surface area contributed by atoms with E-state index in [1.54, 1.807) is 0 Å². The van der Waals surface area contributed by atoms with E-state index in [-0.39, 0.29) is 9.04 Å². The Morgan fingerprint density at radius 2 is 0.868 bits per heavy atom. The van der Waals surface area contributed by atoms with Crippen molar-refractivity contribution in [1.82, 2.24) is 0 Å². The maximum Gasteiger partial charge on any atom is 0.0211 e. The number of fused-ring (bicyclic) bond motifs is 6. The van der Waals surface area contributed by atoms with Gasteiger partial charge in [-0.3, -0.25) is 0 Å². The molecule has 0 N–H and O–H groups in total. The zero-order valence-corrected chi connectivity index (χ0v) is 36.2. The molecule has 0 unspecified atom stereocenters. The first-order valence-electron chi connectivity index (χ1n) is 18.8. The van der Waals surface area contributed by atoms with E-state index >= 15 is 0 Å². The second-order valence-corrected chi connectivity index (χ2v) is 76.5. The summed E-state index contributed by atoms with van der Waals surface area (Å²) in [5, 5.41) is 0. The van der Waals surface area contributed by atoms with Crippen LogP contribution < -0.4 is 0 Å². The van der Waals surface area contributed by atoms with Crippen LogP contribution in [0.3, 0.4) is 0 Å². The molecule has 53 heavy (non-hydrogen) atoms. The Labute approximate surface area is 318 Å². The fourth-order valence-corrected chi connectivity index (χ4v) is 60.8. The summed E-state index contributed by atoms with van der Waals surface area (Å²) in [4.78, 5) is 0. The first kappa shape index (κ1) is 36.5. The minimum absolute atomic E-state index is 0.169. The Balaban J connectivity index is 0.000000256. The van der Waals surface area contributed by atoms with Gasteiger partial charge in [0.15, 0.2) is 0 Å². The summed E-state index contributed by atoms with van der Waals surface area (Å²) in [5.41, 5.74) is 12.5. The van der Waals surface area contributed by atoms with Crippen molar-refractivity contribution in [3.05, 3.63) is 222 Å². The van der Waals surface area contributed by atoms with Crippen LogP contribution in [-0.2, 0) is 20.3 Å². The van der Waals surface area contributed by atoms with E-state index in [1.807, 2.05) is 6.88 Å². The van der Waals surface area contributed by atoms with Gasteiger partial charge in [-0.2, -0.15) is 0 Å². The molecule has 4 heteroatoms. The molecule has 0 fully saturated rings. The molecule has 0 aromatic heterocycles. The Hall–Kier alpha value is -3.52. The van der Waals surface area contributed by atoms with Crippen molar-refractivity contribution in [2.45, 2.75) is 35.8 Å². The standard InChI is InChI=1S/2C13H9.C9H13.2C7H7.2ClH.H2Si.Zr/c2*1-3-7-12-10(5-1)9-11-6-2-4-8-13(11)12;1-9(2,3)8-6-4-5-7-8;2*1-7-5-3-2-4-6-7;;;;/h2*1-9H;4-7H,1-3H3;2*2-6H,1H2;2*1H;1H2;/q;;;;;;;;+2/p-2. The van der Waals surface area contributed by atoms with E-state index in [2.05, 4.69) is 209 Å². The molecule has 6 aromatic carbocycles. The molecule has 0 bridgehead atoms. The van der Waals surface area contributed by atoms with Gasteiger partial charge in [0.1, 0.15) is 0 Å². The fraction of sp³-hybridized carbons (Fsp3) is 0.163. The van der Waals surface area contributed by atoms with Crippen molar-refractivity contribution < 1.29 is 12.0 Å². The minimum atomic E-state index is -6.58. The second-order valence-electron chi connectivity index (χ2n) is 17.4. The van der Waals surface area contributed by atoms with Crippen molar-refractivity contribution in [2.75, 3.05) is 0 Å². The summed E-state index contributed by atoms with van der Waals surface area (Å²) in [6, 6.07) is 56.3. The number of hydrogen-bond acceptors (Lipinski definition) is 0. The van der Waals surface area contributed by atoms with E-state index in [4.69, 9.17) is 0 Å². The maximum atomic E-state index is 9.35. The zero-order valence-electron chi connectivity index (χ0n) is 30.9. The van der Waals surface area contributed by atoms with Gasteiger partial charge in [-0.05, 0) is 22.3 Å². The monoisotopic (exact) mass is 823 g/mol. The summed E-state index contributed by atoms with van der Waals surface area (Å²) in [6.07, 6.45) is 11.4. The van der Waals surface area contributed by atoms with Crippen molar-refractivity contribution in [1.29, 1.82) is 0 Å². The molecule has 6 aromatic rings. The van der Waals surface area contributed by atoms with Gasteiger partial charge in [-0.15, -0.1) is 0 Å². The third kappa shape index (κ3) is 5.31. The van der Waals surface area contributed by atoms with Crippen molar-refractivity contribution in [3.63, 3.8) is 0 Å². The van der Waals surface area contributed by atoms with E-state index in [9.17, 15) is 17.0 Å². The smallest absolute Gasteiger partial charge is 0.0211 e. The van der Waals surface area contributed by atoms with Gasteiger partial charge in [0.25, 0.3) is 0 Å². The summed E-state index contributed by atoms with van der Waals surface area (Å²) >= 11 is -6.58. The molecular weight excluding hydrogens is 779 g/mol. The molecule has 1 radical (unpaired) electrons. The summed E-state index contributed by atoms with van der Waals surface area (Å²) in [6.45, 7) is 9.05. The van der Waals surface area contributed by atoms with Gasteiger partial charge in [0, 0.05) is 6.42 Å². The predicted octanol–water partition coefficient (Wildman–Crippen LogP) is 13.4.